The smallest absolute Gasteiger partial charge is 0.322 e. The molecule has 1 aliphatic rings. The number of carboxylic acids is 2. The number of carbonyl (C=O) groups excluding carboxylic acids is 4. The fraction of sp³-hybridized carbons (Fsp3) is 0.625. The van der Waals surface area contributed by atoms with E-state index in [4.69, 9.17) is 21.7 Å². The topological polar surface area (TPSA) is 222 Å². The van der Waals surface area contributed by atoms with Crippen molar-refractivity contribution in [2.45, 2.75) is 50.2 Å². The molecule has 1 rings (SSSR count). The van der Waals surface area contributed by atoms with Gasteiger partial charge in [0.25, 0.3) is 0 Å². The second-order valence-electron chi connectivity index (χ2n) is 6.57. The Kier molecular flexibility index (Phi) is 8.99. The first-order valence-corrected chi connectivity index (χ1v) is 8.89. The zero-order chi connectivity index (χ0) is 22.1. The van der Waals surface area contributed by atoms with Crippen LogP contribution in [0.2, 0.25) is 0 Å². The molecule has 29 heavy (non-hydrogen) atoms. The molecule has 0 radical (unpaired) electrons. The minimum atomic E-state index is -1.41. The van der Waals surface area contributed by atoms with Crippen molar-refractivity contribution >= 4 is 35.6 Å². The van der Waals surface area contributed by atoms with Crippen molar-refractivity contribution in [1.29, 1.82) is 0 Å². The molecule has 0 saturated carbocycles. The molecule has 3 atom stereocenters. The molecular formula is C16H25N5O8. The van der Waals surface area contributed by atoms with E-state index < -0.39 is 66.7 Å². The summed E-state index contributed by atoms with van der Waals surface area (Å²) in [6.45, 7) is -0.419. The van der Waals surface area contributed by atoms with Crippen molar-refractivity contribution < 1.29 is 39.0 Å². The molecular weight excluding hydrogens is 390 g/mol. The molecule has 13 heteroatoms. The first-order valence-electron chi connectivity index (χ1n) is 8.89. The van der Waals surface area contributed by atoms with Gasteiger partial charge >= 0.3 is 11.9 Å². The van der Waals surface area contributed by atoms with Crippen LogP contribution in [0, 0.1) is 0 Å². The van der Waals surface area contributed by atoms with Gasteiger partial charge in [-0.1, -0.05) is 0 Å². The van der Waals surface area contributed by atoms with Crippen LogP contribution in [0.15, 0.2) is 0 Å². The molecule has 0 aromatic carbocycles. The van der Waals surface area contributed by atoms with E-state index in [0.29, 0.717) is 12.8 Å². The number of primary amides is 1. The van der Waals surface area contributed by atoms with E-state index in [0.717, 1.165) is 0 Å². The summed E-state index contributed by atoms with van der Waals surface area (Å²) in [4.78, 5) is 70.8. The van der Waals surface area contributed by atoms with Crippen LogP contribution >= 0.6 is 0 Å². The van der Waals surface area contributed by atoms with Gasteiger partial charge in [-0.05, 0) is 19.3 Å². The highest BCUT2D eigenvalue weighted by Crippen LogP contribution is 2.19. The Balaban J connectivity index is 2.89. The maximum Gasteiger partial charge on any atom is 0.322 e. The predicted molar refractivity (Wildman–Crippen MR) is 96.0 cm³/mol. The van der Waals surface area contributed by atoms with Crippen molar-refractivity contribution in [3.63, 3.8) is 0 Å². The molecule has 162 valence electrons. The van der Waals surface area contributed by atoms with Crippen LogP contribution in [0.5, 0.6) is 0 Å². The number of nitrogens with zero attached hydrogens (tertiary/aromatic N) is 1. The molecule has 0 aliphatic carbocycles. The lowest BCUT2D eigenvalue weighted by Gasteiger charge is -2.29. The Morgan fingerprint density at radius 3 is 2.31 bits per heavy atom. The van der Waals surface area contributed by atoms with Gasteiger partial charge in [-0.25, -0.2) is 0 Å². The van der Waals surface area contributed by atoms with Crippen LogP contribution in [0.4, 0.5) is 0 Å². The minimum Gasteiger partial charge on any atom is -0.481 e. The van der Waals surface area contributed by atoms with Gasteiger partial charge in [0.1, 0.15) is 18.6 Å². The normalized spacial score (nSPS) is 17.8. The number of nitrogens with one attached hydrogen (secondary N) is 2. The Hall–Kier alpha value is -3.22. The number of carboxylic acid groups (broad SMARTS) is 2. The second kappa shape index (κ2) is 10.9. The number of hydrogen-bond acceptors (Lipinski definition) is 7. The number of carbonyl (C=O) groups is 6. The summed E-state index contributed by atoms with van der Waals surface area (Å²) in [5.74, 6) is -5.49. The van der Waals surface area contributed by atoms with Gasteiger partial charge in [0.05, 0.1) is 12.5 Å². The molecule has 0 aromatic rings. The van der Waals surface area contributed by atoms with Gasteiger partial charge in [-0.15, -0.1) is 0 Å². The molecule has 1 saturated heterocycles. The number of hydrogen-bond donors (Lipinski definition) is 6. The molecule has 3 unspecified atom stereocenters. The number of nitrogens with two attached hydrogens (primary N) is 2. The van der Waals surface area contributed by atoms with Crippen LogP contribution < -0.4 is 22.1 Å². The summed E-state index contributed by atoms with van der Waals surface area (Å²) in [7, 11) is 0. The lowest BCUT2D eigenvalue weighted by Crippen LogP contribution is -2.56. The van der Waals surface area contributed by atoms with Gasteiger partial charge < -0.3 is 37.2 Å². The monoisotopic (exact) mass is 415 g/mol. The SMILES string of the molecule is NC(=O)CCC(NC(=O)C(N)CC(=O)O)C(=O)N1CCCC1C(=O)NCC(=O)O. The number of aliphatic carboxylic acids is 2. The minimum absolute atomic E-state index is 0.167. The molecule has 0 aromatic heterocycles. The highest BCUT2D eigenvalue weighted by Gasteiger charge is 2.38. The molecule has 0 bridgehead atoms. The number of amides is 4. The van der Waals surface area contributed by atoms with Gasteiger partial charge in [0.15, 0.2) is 0 Å². The van der Waals surface area contributed by atoms with Gasteiger partial charge in [0, 0.05) is 13.0 Å². The maximum atomic E-state index is 12.9. The quantitative estimate of drug-likeness (QED) is 0.199. The zero-order valence-corrected chi connectivity index (χ0v) is 15.6. The maximum absolute atomic E-state index is 12.9. The molecule has 1 fully saturated rings. The molecule has 1 aliphatic heterocycles. The summed E-state index contributed by atoms with van der Waals surface area (Å²) in [5.41, 5.74) is 10.6. The van der Waals surface area contributed by atoms with E-state index in [1.54, 1.807) is 0 Å². The summed E-state index contributed by atoms with van der Waals surface area (Å²) < 4.78 is 0. The van der Waals surface area contributed by atoms with Gasteiger partial charge in [0.2, 0.25) is 23.6 Å². The molecule has 4 amide bonds. The van der Waals surface area contributed by atoms with Crippen molar-refractivity contribution in [3.05, 3.63) is 0 Å². The number of likely N-dealkylation sites (tertiary alicyclic amines) is 1. The van der Waals surface area contributed by atoms with Crippen LogP contribution in [0.3, 0.4) is 0 Å². The van der Waals surface area contributed by atoms with Crippen LogP contribution in [0.1, 0.15) is 32.1 Å². The summed E-state index contributed by atoms with van der Waals surface area (Å²) in [6.07, 6.45) is -0.293. The van der Waals surface area contributed by atoms with E-state index in [2.05, 4.69) is 10.6 Å². The van der Waals surface area contributed by atoms with E-state index in [1.165, 1.54) is 4.90 Å². The largest absolute Gasteiger partial charge is 0.481 e. The first kappa shape index (κ1) is 23.8. The Bertz CT molecular complexity index is 682. The third-order valence-corrected chi connectivity index (χ3v) is 4.28. The van der Waals surface area contributed by atoms with Crippen molar-refractivity contribution in [2.75, 3.05) is 13.1 Å². The standard InChI is InChI=1S/C16H25N5O8/c17-8(6-12(23)24)14(27)20-9(3-4-11(18)22)16(29)21-5-1-2-10(21)15(28)19-7-13(25)26/h8-10H,1-7,17H2,(H2,18,22)(H,19,28)(H,20,27)(H,23,24)(H,25,26). The van der Waals surface area contributed by atoms with Crippen LogP contribution in [-0.2, 0) is 28.8 Å². The summed E-state index contributed by atoms with van der Waals surface area (Å²) >= 11 is 0. The number of rotatable bonds is 11. The van der Waals surface area contributed by atoms with E-state index in [9.17, 15) is 28.8 Å². The first-order chi connectivity index (χ1) is 13.5. The third kappa shape index (κ3) is 7.73. The molecule has 0 spiro atoms. The Morgan fingerprint density at radius 1 is 1.10 bits per heavy atom. The fourth-order valence-electron chi connectivity index (χ4n) is 2.89. The highest BCUT2D eigenvalue weighted by atomic mass is 16.4. The average Bonchev–Trinajstić information content (AvgIpc) is 3.11. The van der Waals surface area contributed by atoms with E-state index >= 15 is 0 Å². The molecule has 8 N–H and O–H groups in total. The summed E-state index contributed by atoms with van der Waals surface area (Å²) in [6, 6.07) is -3.59. The fourth-order valence-corrected chi connectivity index (χ4v) is 2.89. The predicted octanol–water partition coefficient (Wildman–Crippen LogP) is -3.27. The van der Waals surface area contributed by atoms with E-state index in [-0.39, 0.29) is 19.4 Å². The highest BCUT2D eigenvalue weighted by molar-refractivity contribution is 5.95. The Morgan fingerprint density at radius 2 is 1.76 bits per heavy atom. The second-order valence-corrected chi connectivity index (χ2v) is 6.57. The molecule has 1 heterocycles. The van der Waals surface area contributed by atoms with Crippen LogP contribution in [0.25, 0.3) is 0 Å². The van der Waals surface area contributed by atoms with Gasteiger partial charge in [-0.3, -0.25) is 28.8 Å². The van der Waals surface area contributed by atoms with Crippen molar-refractivity contribution in [3.8, 4) is 0 Å². The Labute approximate surface area is 165 Å². The van der Waals surface area contributed by atoms with Crippen molar-refractivity contribution in [2.24, 2.45) is 11.5 Å². The zero-order valence-electron chi connectivity index (χ0n) is 15.6. The average molecular weight is 415 g/mol. The van der Waals surface area contributed by atoms with E-state index in [1.807, 2.05) is 0 Å². The lowest BCUT2D eigenvalue weighted by atomic mass is 10.1. The lowest BCUT2D eigenvalue weighted by molar-refractivity contribution is -0.143. The third-order valence-electron chi connectivity index (χ3n) is 4.28. The van der Waals surface area contributed by atoms with Gasteiger partial charge in [-0.2, -0.15) is 0 Å². The molecule has 13 nitrogen and oxygen atoms in total. The summed E-state index contributed by atoms with van der Waals surface area (Å²) in [5, 5.41) is 21.9. The van der Waals surface area contributed by atoms with Crippen molar-refractivity contribution in [1.82, 2.24) is 15.5 Å². The van der Waals surface area contributed by atoms with Crippen LogP contribution in [-0.4, -0.2) is 81.9 Å².